The molecule has 0 aliphatic carbocycles. The molecule has 0 radical (unpaired) electrons. The summed E-state index contributed by atoms with van der Waals surface area (Å²) in [5, 5.41) is 8.83. The Kier molecular flexibility index (Phi) is 2.42. The van der Waals surface area contributed by atoms with Gasteiger partial charge in [0.25, 0.3) is 0 Å². The van der Waals surface area contributed by atoms with Crippen LogP contribution in [0, 0.1) is 0 Å². The van der Waals surface area contributed by atoms with Gasteiger partial charge < -0.3 is 9.67 Å². The first-order chi connectivity index (χ1) is 6.42. The molecule has 2 aromatic heterocycles. The van der Waals surface area contributed by atoms with Gasteiger partial charge in [0.2, 0.25) is 0 Å². The van der Waals surface area contributed by atoms with Crippen LogP contribution in [-0.4, -0.2) is 21.3 Å². The molecule has 0 bridgehead atoms. The van der Waals surface area contributed by atoms with Crippen molar-refractivity contribution < 1.29 is 5.11 Å². The van der Waals surface area contributed by atoms with Gasteiger partial charge in [-0.15, -0.1) is 11.3 Å². The zero-order valence-corrected chi connectivity index (χ0v) is 7.87. The average Bonchev–Trinajstić information content (AvgIpc) is 2.71. The molecule has 4 heteroatoms. The van der Waals surface area contributed by atoms with Crippen molar-refractivity contribution in [3.63, 3.8) is 0 Å². The fourth-order valence-corrected chi connectivity index (χ4v) is 1.98. The van der Waals surface area contributed by atoms with Crippen LogP contribution in [0.3, 0.4) is 0 Å². The van der Waals surface area contributed by atoms with Crippen LogP contribution in [0.2, 0.25) is 0 Å². The van der Waals surface area contributed by atoms with Gasteiger partial charge in [0, 0.05) is 25.4 Å². The van der Waals surface area contributed by atoms with Crippen LogP contribution >= 0.6 is 11.3 Å². The third-order valence-corrected chi connectivity index (χ3v) is 2.69. The molecule has 2 aromatic rings. The predicted octanol–water partition coefficient (Wildman–Crippen LogP) is 1.47. The monoisotopic (exact) mass is 194 g/mol. The van der Waals surface area contributed by atoms with Gasteiger partial charge in [0.05, 0.1) is 10.4 Å². The molecule has 2 heterocycles. The number of aliphatic hydroxyl groups excluding tert-OH is 1. The second-order valence-corrected chi connectivity index (χ2v) is 3.60. The Bertz CT molecular complexity index is 367. The normalized spacial score (nSPS) is 10.5. The number of thiazole rings is 1. The van der Waals surface area contributed by atoms with E-state index in [2.05, 4.69) is 4.98 Å². The molecular weight excluding hydrogens is 184 g/mol. The minimum absolute atomic E-state index is 0.177. The second kappa shape index (κ2) is 3.72. The van der Waals surface area contributed by atoms with Crippen molar-refractivity contribution in [3.8, 4) is 5.82 Å². The van der Waals surface area contributed by atoms with Crippen LogP contribution < -0.4 is 0 Å². The van der Waals surface area contributed by atoms with E-state index in [1.807, 2.05) is 29.1 Å². The lowest BCUT2D eigenvalue weighted by Gasteiger charge is -2.00. The average molecular weight is 194 g/mol. The summed E-state index contributed by atoms with van der Waals surface area (Å²) in [6.07, 6.45) is 4.59. The Morgan fingerprint density at radius 1 is 1.38 bits per heavy atom. The van der Waals surface area contributed by atoms with E-state index >= 15 is 0 Å². The molecule has 2 rings (SSSR count). The smallest absolute Gasteiger partial charge is 0.150 e. The van der Waals surface area contributed by atoms with E-state index in [0.29, 0.717) is 6.42 Å². The third kappa shape index (κ3) is 1.64. The van der Waals surface area contributed by atoms with Crippen LogP contribution in [0.15, 0.2) is 30.0 Å². The molecule has 0 fully saturated rings. The summed E-state index contributed by atoms with van der Waals surface area (Å²) in [4.78, 5) is 5.37. The summed E-state index contributed by atoms with van der Waals surface area (Å²) in [6.45, 7) is 0.177. The SMILES string of the molecule is OCCc1scnc1-n1cccc1. The van der Waals surface area contributed by atoms with Gasteiger partial charge in [-0.2, -0.15) is 0 Å². The van der Waals surface area contributed by atoms with E-state index < -0.39 is 0 Å². The Balaban J connectivity index is 2.35. The topological polar surface area (TPSA) is 38.1 Å². The van der Waals surface area contributed by atoms with Crippen LogP contribution in [0.25, 0.3) is 5.82 Å². The van der Waals surface area contributed by atoms with Crippen molar-refractivity contribution in [2.24, 2.45) is 0 Å². The first-order valence-electron chi connectivity index (χ1n) is 4.08. The molecule has 0 unspecified atom stereocenters. The van der Waals surface area contributed by atoms with Crippen LogP contribution in [0.5, 0.6) is 0 Å². The van der Waals surface area contributed by atoms with E-state index in [0.717, 1.165) is 10.7 Å². The van der Waals surface area contributed by atoms with Gasteiger partial charge in [-0.05, 0) is 12.1 Å². The lowest BCUT2D eigenvalue weighted by Crippen LogP contribution is -1.96. The minimum Gasteiger partial charge on any atom is -0.396 e. The minimum atomic E-state index is 0.177. The quantitative estimate of drug-likeness (QED) is 0.803. The van der Waals surface area contributed by atoms with Crippen LogP contribution in [0.1, 0.15) is 4.88 Å². The van der Waals surface area contributed by atoms with E-state index in [-0.39, 0.29) is 6.61 Å². The van der Waals surface area contributed by atoms with Crippen molar-refractivity contribution in [1.82, 2.24) is 9.55 Å². The van der Waals surface area contributed by atoms with Crippen molar-refractivity contribution >= 4 is 11.3 Å². The lowest BCUT2D eigenvalue weighted by molar-refractivity contribution is 0.300. The highest BCUT2D eigenvalue weighted by molar-refractivity contribution is 7.10. The van der Waals surface area contributed by atoms with E-state index in [1.165, 1.54) is 0 Å². The summed E-state index contributed by atoms with van der Waals surface area (Å²) in [5.74, 6) is 0.934. The van der Waals surface area contributed by atoms with Crippen molar-refractivity contribution in [2.45, 2.75) is 6.42 Å². The number of hydrogen-bond acceptors (Lipinski definition) is 3. The summed E-state index contributed by atoms with van der Waals surface area (Å²) in [5.41, 5.74) is 1.81. The standard InChI is InChI=1S/C9H10N2OS/c12-6-3-8-9(10-7-13-8)11-4-1-2-5-11/h1-2,4-5,7,12H,3,6H2. The molecule has 1 N–H and O–H groups in total. The highest BCUT2D eigenvalue weighted by Crippen LogP contribution is 2.17. The summed E-state index contributed by atoms with van der Waals surface area (Å²) in [6, 6.07) is 3.92. The molecular formula is C9H10N2OS. The van der Waals surface area contributed by atoms with Gasteiger partial charge >= 0.3 is 0 Å². The molecule has 3 nitrogen and oxygen atoms in total. The number of hydrogen-bond donors (Lipinski definition) is 1. The molecule has 0 spiro atoms. The van der Waals surface area contributed by atoms with E-state index in [9.17, 15) is 0 Å². The fraction of sp³-hybridized carbons (Fsp3) is 0.222. The molecule has 0 saturated heterocycles. The largest absolute Gasteiger partial charge is 0.396 e. The number of nitrogens with zero attached hydrogens (tertiary/aromatic N) is 2. The predicted molar refractivity (Wildman–Crippen MR) is 52.2 cm³/mol. The summed E-state index contributed by atoms with van der Waals surface area (Å²) in [7, 11) is 0. The van der Waals surface area contributed by atoms with Gasteiger partial charge in [-0.25, -0.2) is 4.98 Å². The fourth-order valence-electron chi connectivity index (χ4n) is 1.22. The first-order valence-corrected chi connectivity index (χ1v) is 4.96. The zero-order chi connectivity index (χ0) is 9.10. The molecule has 0 amide bonds. The van der Waals surface area contributed by atoms with Gasteiger partial charge in [0.15, 0.2) is 5.82 Å². The molecule has 68 valence electrons. The van der Waals surface area contributed by atoms with Gasteiger partial charge in [0.1, 0.15) is 0 Å². The molecule has 0 aliphatic heterocycles. The van der Waals surface area contributed by atoms with Gasteiger partial charge in [-0.3, -0.25) is 0 Å². The summed E-state index contributed by atoms with van der Waals surface area (Å²) >= 11 is 1.58. The Morgan fingerprint density at radius 3 is 2.85 bits per heavy atom. The maximum atomic E-state index is 8.83. The number of aromatic nitrogens is 2. The maximum absolute atomic E-state index is 8.83. The van der Waals surface area contributed by atoms with Crippen LogP contribution in [0.4, 0.5) is 0 Å². The van der Waals surface area contributed by atoms with Crippen LogP contribution in [-0.2, 0) is 6.42 Å². The lowest BCUT2D eigenvalue weighted by atomic mass is 10.4. The highest BCUT2D eigenvalue weighted by Gasteiger charge is 2.05. The van der Waals surface area contributed by atoms with Crippen molar-refractivity contribution in [3.05, 3.63) is 34.9 Å². The molecule has 0 aromatic carbocycles. The Hall–Kier alpha value is -1.13. The number of aliphatic hydroxyl groups is 1. The Labute approximate surface area is 80.3 Å². The highest BCUT2D eigenvalue weighted by atomic mass is 32.1. The molecule has 0 saturated carbocycles. The third-order valence-electron chi connectivity index (χ3n) is 1.81. The van der Waals surface area contributed by atoms with E-state index in [1.54, 1.807) is 16.8 Å². The van der Waals surface area contributed by atoms with Crippen molar-refractivity contribution in [2.75, 3.05) is 6.61 Å². The molecule has 13 heavy (non-hydrogen) atoms. The van der Waals surface area contributed by atoms with Gasteiger partial charge in [-0.1, -0.05) is 0 Å². The first kappa shape index (κ1) is 8.47. The molecule has 0 atom stereocenters. The maximum Gasteiger partial charge on any atom is 0.150 e. The van der Waals surface area contributed by atoms with Crippen molar-refractivity contribution in [1.29, 1.82) is 0 Å². The van der Waals surface area contributed by atoms with E-state index in [4.69, 9.17) is 5.11 Å². The zero-order valence-electron chi connectivity index (χ0n) is 7.05. The summed E-state index contributed by atoms with van der Waals surface area (Å²) < 4.78 is 1.96. The Morgan fingerprint density at radius 2 is 2.15 bits per heavy atom. The molecule has 0 aliphatic rings. The second-order valence-electron chi connectivity index (χ2n) is 2.66. The number of rotatable bonds is 3.